The van der Waals surface area contributed by atoms with Crippen LogP contribution in [0.1, 0.15) is 12.5 Å². The summed E-state index contributed by atoms with van der Waals surface area (Å²) in [6, 6.07) is 49.0. The maximum atomic E-state index is 5.28. The van der Waals surface area contributed by atoms with Gasteiger partial charge in [-0.1, -0.05) is 159 Å². The van der Waals surface area contributed by atoms with Gasteiger partial charge in [0, 0.05) is 32.3 Å². The molecule has 0 saturated carbocycles. The van der Waals surface area contributed by atoms with Gasteiger partial charge in [-0.2, -0.15) is 0 Å². The lowest BCUT2D eigenvalue weighted by Gasteiger charge is -2.28. The van der Waals surface area contributed by atoms with E-state index >= 15 is 0 Å². The molecule has 228 valence electrons. The van der Waals surface area contributed by atoms with Crippen molar-refractivity contribution in [2.75, 3.05) is 0 Å². The molecule has 2 heterocycles. The molecule has 0 amide bonds. The summed E-state index contributed by atoms with van der Waals surface area (Å²) in [7, 11) is 0. The highest BCUT2D eigenvalue weighted by molar-refractivity contribution is 8.00. The van der Waals surface area contributed by atoms with E-state index in [-0.39, 0.29) is 5.41 Å². The topological polar surface area (TPSA) is 38.7 Å². The minimum atomic E-state index is -0.0725. The molecule has 4 heteroatoms. The fraction of sp³-hybridized carbons (Fsp3) is 0.0682. The van der Waals surface area contributed by atoms with Crippen molar-refractivity contribution >= 4 is 22.5 Å². The monoisotopic (exact) mass is 633 g/mol. The summed E-state index contributed by atoms with van der Waals surface area (Å²) >= 11 is 1.91. The fourth-order valence-corrected chi connectivity index (χ4v) is 8.66. The van der Waals surface area contributed by atoms with E-state index in [2.05, 4.69) is 165 Å². The van der Waals surface area contributed by atoms with Crippen molar-refractivity contribution in [1.82, 2.24) is 15.0 Å². The molecule has 0 spiro atoms. The van der Waals surface area contributed by atoms with E-state index in [4.69, 9.17) is 15.0 Å². The molecule has 3 nitrogen and oxygen atoms in total. The maximum absolute atomic E-state index is 5.28. The van der Waals surface area contributed by atoms with Gasteiger partial charge in [-0.3, -0.25) is 0 Å². The highest BCUT2D eigenvalue weighted by Crippen LogP contribution is 2.54. The number of hydrogen-bond donors (Lipinski definition) is 0. The predicted octanol–water partition coefficient (Wildman–Crippen LogP) is 11.2. The van der Waals surface area contributed by atoms with E-state index in [1.165, 1.54) is 27.0 Å². The van der Waals surface area contributed by atoms with Gasteiger partial charge in [-0.25, -0.2) is 15.0 Å². The van der Waals surface area contributed by atoms with E-state index in [9.17, 15) is 0 Å². The maximum Gasteiger partial charge on any atom is 0.165 e. The first kappa shape index (κ1) is 28.6. The third-order valence-corrected chi connectivity index (χ3v) is 11.2. The van der Waals surface area contributed by atoms with Gasteiger partial charge in [0.2, 0.25) is 0 Å². The van der Waals surface area contributed by atoms with E-state index < -0.39 is 0 Å². The molecule has 2 atom stereocenters. The quantitative estimate of drug-likeness (QED) is 0.189. The van der Waals surface area contributed by atoms with E-state index in [0.717, 1.165) is 33.2 Å². The molecule has 2 aliphatic rings. The van der Waals surface area contributed by atoms with Gasteiger partial charge >= 0.3 is 0 Å². The lowest BCUT2D eigenvalue weighted by atomic mass is 9.77. The standard InChI is InChI=1S/C44H31N3S/c1-44-27-11-10-24-39(44)48-40-37(22-13-23-38(40)44)43-46-41(32-19-12-18-31(28-32)29-14-4-2-5-15-29)45-42(47-43)36-26-25-33(30-16-6-3-7-17-30)34-20-8-9-21-35(34)36/h2-28,39H,1H3. The van der Waals surface area contributed by atoms with E-state index in [1.807, 2.05) is 17.8 Å². The fourth-order valence-electron chi connectivity index (χ4n) is 7.09. The Labute approximate surface area is 284 Å². The van der Waals surface area contributed by atoms with Crippen LogP contribution in [0.25, 0.3) is 67.2 Å². The van der Waals surface area contributed by atoms with Crippen molar-refractivity contribution < 1.29 is 0 Å². The molecule has 7 aromatic rings. The van der Waals surface area contributed by atoms with Crippen molar-refractivity contribution in [2.45, 2.75) is 22.5 Å². The second kappa shape index (κ2) is 11.6. The molecular formula is C44H31N3S. The van der Waals surface area contributed by atoms with Crippen molar-refractivity contribution in [3.63, 3.8) is 0 Å². The lowest BCUT2D eigenvalue weighted by Crippen LogP contribution is -2.28. The largest absolute Gasteiger partial charge is 0.208 e. The van der Waals surface area contributed by atoms with Crippen LogP contribution in [0.2, 0.25) is 0 Å². The number of fused-ring (bicyclic) bond motifs is 4. The summed E-state index contributed by atoms with van der Waals surface area (Å²) in [6.45, 7) is 2.33. The van der Waals surface area contributed by atoms with Crippen LogP contribution in [0, 0.1) is 0 Å². The van der Waals surface area contributed by atoms with Crippen LogP contribution in [0.5, 0.6) is 0 Å². The third kappa shape index (κ3) is 4.80. The van der Waals surface area contributed by atoms with Gasteiger partial charge in [0.05, 0.1) is 0 Å². The van der Waals surface area contributed by atoms with Crippen molar-refractivity contribution in [3.8, 4) is 56.4 Å². The number of rotatable bonds is 5. The zero-order valence-corrected chi connectivity index (χ0v) is 27.2. The van der Waals surface area contributed by atoms with Crippen LogP contribution in [0.3, 0.4) is 0 Å². The smallest absolute Gasteiger partial charge is 0.165 e. The van der Waals surface area contributed by atoms with Crippen LogP contribution in [0.15, 0.2) is 169 Å². The molecule has 9 rings (SSSR count). The molecule has 0 N–H and O–H groups in total. The summed E-state index contributed by atoms with van der Waals surface area (Å²) in [5.74, 6) is 2.02. The first-order valence-corrected chi connectivity index (χ1v) is 17.2. The number of allylic oxidation sites excluding steroid dienone is 3. The molecule has 6 aromatic carbocycles. The zero-order valence-electron chi connectivity index (χ0n) is 26.4. The first-order chi connectivity index (χ1) is 23.7. The van der Waals surface area contributed by atoms with Crippen molar-refractivity contribution in [1.29, 1.82) is 0 Å². The SMILES string of the molecule is CC12C=CC=CC1Sc1c(-c3nc(-c4cccc(-c5ccccc5)c4)nc(-c4ccc(-c5ccccc5)c5ccccc45)n3)cccc12. The minimum absolute atomic E-state index is 0.0725. The van der Waals surface area contributed by atoms with Gasteiger partial charge < -0.3 is 0 Å². The lowest BCUT2D eigenvalue weighted by molar-refractivity contribution is 0.620. The molecule has 2 unspecified atom stereocenters. The predicted molar refractivity (Wildman–Crippen MR) is 200 cm³/mol. The number of nitrogens with zero attached hydrogens (tertiary/aromatic N) is 3. The molecule has 0 saturated heterocycles. The highest BCUT2D eigenvalue weighted by Gasteiger charge is 2.43. The first-order valence-electron chi connectivity index (χ1n) is 16.3. The average Bonchev–Trinajstić information content (AvgIpc) is 3.47. The average molecular weight is 634 g/mol. The summed E-state index contributed by atoms with van der Waals surface area (Å²) in [4.78, 5) is 17.0. The molecule has 1 aliphatic carbocycles. The van der Waals surface area contributed by atoms with Crippen molar-refractivity contribution in [3.05, 3.63) is 169 Å². The Kier molecular flexibility index (Phi) is 6.91. The summed E-state index contributed by atoms with van der Waals surface area (Å²) in [6.07, 6.45) is 8.98. The number of hydrogen-bond acceptors (Lipinski definition) is 4. The Bertz CT molecular complexity index is 2400. The Morgan fingerprint density at radius 2 is 1.10 bits per heavy atom. The molecule has 1 aliphatic heterocycles. The van der Waals surface area contributed by atoms with Crippen LogP contribution in [-0.4, -0.2) is 20.2 Å². The van der Waals surface area contributed by atoms with Gasteiger partial charge in [0.1, 0.15) is 0 Å². The van der Waals surface area contributed by atoms with Crippen molar-refractivity contribution in [2.24, 2.45) is 0 Å². The third-order valence-electron chi connectivity index (χ3n) is 9.62. The Morgan fingerprint density at radius 1 is 0.500 bits per heavy atom. The van der Waals surface area contributed by atoms with Crippen LogP contribution >= 0.6 is 11.8 Å². The van der Waals surface area contributed by atoms with Crippen LogP contribution < -0.4 is 0 Å². The van der Waals surface area contributed by atoms with Crippen LogP contribution in [0.4, 0.5) is 0 Å². The molecule has 0 bridgehead atoms. The molecule has 0 fully saturated rings. The summed E-state index contributed by atoms with van der Waals surface area (Å²) in [5, 5.41) is 2.61. The minimum Gasteiger partial charge on any atom is -0.208 e. The second-order valence-electron chi connectivity index (χ2n) is 12.6. The number of benzene rings is 6. The Hall–Kier alpha value is -5.58. The zero-order chi connectivity index (χ0) is 32.1. The molecular weight excluding hydrogens is 603 g/mol. The molecule has 1 aromatic heterocycles. The number of aromatic nitrogens is 3. The normalized spacial score (nSPS) is 17.7. The number of thioether (sulfide) groups is 1. The van der Waals surface area contributed by atoms with Gasteiger partial charge in [0.25, 0.3) is 0 Å². The highest BCUT2D eigenvalue weighted by atomic mass is 32.2. The molecule has 0 radical (unpaired) electrons. The Morgan fingerprint density at radius 3 is 1.90 bits per heavy atom. The summed E-state index contributed by atoms with van der Waals surface area (Å²) < 4.78 is 0. The van der Waals surface area contributed by atoms with Gasteiger partial charge in [-0.05, 0) is 50.7 Å². The summed E-state index contributed by atoms with van der Waals surface area (Å²) in [5.41, 5.74) is 8.90. The van der Waals surface area contributed by atoms with E-state index in [1.54, 1.807) is 0 Å². The van der Waals surface area contributed by atoms with E-state index in [0.29, 0.717) is 22.7 Å². The van der Waals surface area contributed by atoms with Gasteiger partial charge in [-0.15, -0.1) is 11.8 Å². The molecule has 48 heavy (non-hydrogen) atoms. The van der Waals surface area contributed by atoms with Crippen LogP contribution in [-0.2, 0) is 5.41 Å². The second-order valence-corrected chi connectivity index (χ2v) is 13.7. The van der Waals surface area contributed by atoms with Gasteiger partial charge in [0.15, 0.2) is 17.5 Å². The Balaban J connectivity index is 1.27.